The molecule has 0 saturated carbocycles. The van der Waals surface area contributed by atoms with Gasteiger partial charge >= 0.3 is 0 Å². The lowest BCUT2D eigenvalue weighted by Crippen LogP contribution is -2.15. The first kappa shape index (κ1) is 16.2. The highest BCUT2D eigenvalue weighted by Gasteiger charge is 2.03. The first-order chi connectivity index (χ1) is 11.6. The molecular formula is C20H17ClN2O. The summed E-state index contributed by atoms with van der Waals surface area (Å²) >= 11 is 5.88. The third-order valence-corrected chi connectivity index (χ3v) is 3.98. The molecule has 1 aromatic heterocycles. The maximum absolute atomic E-state index is 12.0. The fourth-order valence-electron chi connectivity index (χ4n) is 2.36. The number of nitrogens with one attached hydrogen (secondary N) is 1. The molecule has 3 rings (SSSR count). The molecule has 0 aliphatic carbocycles. The summed E-state index contributed by atoms with van der Waals surface area (Å²) < 4.78 is 0. The molecule has 4 heteroatoms. The Hall–Kier alpha value is -2.65. The van der Waals surface area contributed by atoms with Gasteiger partial charge in [0.25, 0.3) is 5.56 Å². The third-order valence-electron chi connectivity index (χ3n) is 3.73. The average Bonchev–Trinajstić information content (AvgIpc) is 2.59. The summed E-state index contributed by atoms with van der Waals surface area (Å²) in [7, 11) is 0. The van der Waals surface area contributed by atoms with E-state index in [2.05, 4.69) is 10.2 Å². The Balaban J connectivity index is 1.81. The summed E-state index contributed by atoms with van der Waals surface area (Å²) in [6, 6.07) is 17.5. The maximum Gasteiger partial charge on any atom is 0.267 e. The molecule has 1 N–H and O–H groups in total. The largest absolute Gasteiger partial charge is 0.268 e. The molecular weight excluding hydrogens is 320 g/mol. The van der Waals surface area contributed by atoms with Crippen molar-refractivity contribution in [3.05, 3.63) is 97.9 Å². The first-order valence-corrected chi connectivity index (χ1v) is 8.06. The summed E-state index contributed by atoms with van der Waals surface area (Å²) in [6.07, 6.45) is 4.39. The number of aromatic nitrogens is 2. The smallest absolute Gasteiger partial charge is 0.267 e. The van der Waals surface area contributed by atoms with Gasteiger partial charge in [-0.1, -0.05) is 59.6 Å². The van der Waals surface area contributed by atoms with E-state index >= 15 is 0 Å². The van der Waals surface area contributed by atoms with Crippen LogP contribution in [-0.4, -0.2) is 10.2 Å². The standard InChI is InChI=1S/C20H17ClN2O/c1-14-2-4-16(5-3-14)12-17-13-19(22-23-20(17)24)11-8-15-6-9-18(21)10-7-15/h2-11,13H,12H2,1H3,(H,23,24)/b11-8+. The minimum absolute atomic E-state index is 0.154. The van der Waals surface area contributed by atoms with E-state index in [9.17, 15) is 4.79 Å². The van der Waals surface area contributed by atoms with Crippen molar-refractivity contribution in [2.75, 3.05) is 0 Å². The lowest BCUT2D eigenvalue weighted by atomic mass is 10.0. The Morgan fingerprint density at radius 2 is 1.75 bits per heavy atom. The van der Waals surface area contributed by atoms with Crippen LogP contribution in [0.4, 0.5) is 0 Å². The lowest BCUT2D eigenvalue weighted by Gasteiger charge is -2.03. The Morgan fingerprint density at radius 3 is 2.46 bits per heavy atom. The van der Waals surface area contributed by atoms with Crippen LogP contribution in [0.25, 0.3) is 12.2 Å². The van der Waals surface area contributed by atoms with Crippen molar-refractivity contribution in [2.24, 2.45) is 0 Å². The number of hydrogen-bond donors (Lipinski definition) is 1. The lowest BCUT2D eigenvalue weighted by molar-refractivity contribution is 0.939. The van der Waals surface area contributed by atoms with Crippen LogP contribution in [0.1, 0.15) is 27.9 Å². The minimum Gasteiger partial charge on any atom is -0.268 e. The topological polar surface area (TPSA) is 45.8 Å². The number of hydrogen-bond acceptors (Lipinski definition) is 2. The summed E-state index contributed by atoms with van der Waals surface area (Å²) in [5, 5.41) is 7.35. The van der Waals surface area contributed by atoms with Gasteiger partial charge in [0.2, 0.25) is 0 Å². The zero-order valence-corrected chi connectivity index (χ0v) is 14.0. The van der Waals surface area contributed by atoms with Crippen molar-refractivity contribution >= 4 is 23.8 Å². The summed E-state index contributed by atoms with van der Waals surface area (Å²) in [6.45, 7) is 2.04. The summed E-state index contributed by atoms with van der Waals surface area (Å²) in [5.74, 6) is 0. The molecule has 0 amide bonds. The molecule has 3 nitrogen and oxygen atoms in total. The quantitative estimate of drug-likeness (QED) is 0.762. The van der Waals surface area contributed by atoms with E-state index in [-0.39, 0.29) is 5.56 Å². The zero-order valence-electron chi connectivity index (χ0n) is 13.3. The Bertz CT molecular complexity index is 910. The SMILES string of the molecule is Cc1ccc(Cc2cc(/C=C/c3ccc(Cl)cc3)n[nH]c2=O)cc1. The molecule has 0 saturated heterocycles. The van der Waals surface area contributed by atoms with Crippen LogP contribution >= 0.6 is 11.6 Å². The highest BCUT2D eigenvalue weighted by molar-refractivity contribution is 6.30. The first-order valence-electron chi connectivity index (χ1n) is 7.68. The van der Waals surface area contributed by atoms with Gasteiger partial charge in [0, 0.05) is 17.0 Å². The van der Waals surface area contributed by atoms with E-state index in [0.29, 0.717) is 22.7 Å². The average molecular weight is 337 g/mol. The molecule has 0 spiro atoms. The molecule has 0 aliphatic rings. The van der Waals surface area contributed by atoms with Gasteiger partial charge in [-0.3, -0.25) is 4.79 Å². The number of benzene rings is 2. The molecule has 3 aromatic rings. The zero-order chi connectivity index (χ0) is 16.9. The van der Waals surface area contributed by atoms with E-state index in [1.54, 1.807) is 0 Å². The van der Waals surface area contributed by atoms with Crippen molar-refractivity contribution in [1.29, 1.82) is 0 Å². The van der Waals surface area contributed by atoms with Crippen molar-refractivity contribution in [2.45, 2.75) is 13.3 Å². The van der Waals surface area contributed by atoms with Gasteiger partial charge in [-0.25, -0.2) is 5.10 Å². The predicted octanol–water partition coefficient (Wildman–Crippen LogP) is 4.49. The van der Waals surface area contributed by atoms with Crippen molar-refractivity contribution in [1.82, 2.24) is 10.2 Å². The monoisotopic (exact) mass is 336 g/mol. The van der Waals surface area contributed by atoms with Gasteiger partial charge in [-0.15, -0.1) is 0 Å². The van der Waals surface area contributed by atoms with Gasteiger partial charge in [-0.05, 0) is 42.3 Å². The Kier molecular flexibility index (Phi) is 4.92. The van der Waals surface area contributed by atoms with E-state index < -0.39 is 0 Å². The third kappa shape index (κ3) is 4.21. The van der Waals surface area contributed by atoms with Gasteiger partial charge in [-0.2, -0.15) is 5.10 Å². The van der Waals surface area contributed by atoms with Crippen molar-refractivity contribution in [3.63, 3.8) is 0 Å². The molecule has 24 heavy (non-hydrogen) atoms. The van der Waals surface area contributed by atoms with E-state index in [0.717, 1.165) is 11.1 Å². The molecule has 0 fully saturated rings. The molecule has 0 bridgehead atoms. The van der Waals surface area contributed by atoms with Crippen molar-refractivity contribution < 1.29 is 0 Å². The number of aromatic amines is 1. The number of aryl methyl sites for hydroxylation is 1. The minimum atomic E-state index is -0.154. The molecule has 0 atom stereocenters. The van der Waals surface area contributed by atoms with E-state index in [1.807, 2.05) is 73.7 Å². The molecule has 0 aliphatic heterocycles. The van der Waals surface area contributed by atoms with Gasteiger partial charge in [0.1, 0.15) is 0 Å². The van der Waals surface area contributed by atoms with Gasteiger partial charge in [0.15, 0.2) is 0 Å². The second-order valence-corrected chi connectivity index (χ2v) is 6.13. The number of H-pyrrole nitrogens is 1. The molecule has 1 heterocycles. The summed E-state index contributed by atoms with van der Waals surface area (Å²) in [4.78, 5) is 12.0. The summed E-state index contributed by atoms with van der Waals surface area (Å²) in [5.41, 5.74) is 4.59. The molecule has 120 valence electrons. The normalized spacial score (nSPS) is 11.1. The van der Waals surface area contributed by atoms with Crippen molar-refractivity contribution in [3.8, 4) is 0 Å². The second kappa shape index (κ2) is 7.28. The van der Waals surface area contributed by atoms with Gasteiger partial charge in [0.05, 0.1) is 5.69 Å². The van der Waals surface area contributed by atoms with Crippen LogP contribution in [0, 0.1) is 6.92 Å². The van der Waals surface area contributed by atoms with Crippen LogP contribution in [0.3, 0.4) is 0 Å². The number of rotatable bonds is 4. The highest BCUT2D eigenvalue weighted by Crippen LogP contribution is 2.13. The number of halogens is 1. The number of nitrogens with zero attached hydrogens (tertiary/aromatic N) is 1. The second-order valence-electron chi connectivity index (χ2n) is 5.69. The Morgan fingerprint density at radius 1 is 1.04 bits per heavy atom. The van der Waals surface area contributed by atoms with Crippen LogP contribution in [0.15, 0.2) is 59.4 Å². The maximum atomic E-state index is 12.0. The predicted molar refractivity (Wildman–Crippen MR) is 99.2 cm³/mol. The molecule has 0 radical (unpaired) electrons. The van der Waals surface area contributed by atoms with Crippen LogP contribution in [-0.2, 0) is 6.42 Å². The molecule has 2 aromatic carbocycles. The Labute approximate surface area is 145 Å². The highest BCUT2D eigenvalue weighted by atomic mass is 35.5. The molecule has 0 unspecified atom stereocenters. The van der Waals surface area contributed by atoms with Crippen LogP contribution in [0.5, 0.6) is 0 Å². The van der Waals surface area contributed by atoms with E-state index in [4.69, 9.17) is 11.6 Å². The van der Waals surface area contributed by atoms with Crippen LogP contribution < -0.4 is 5.56 Å². The fraction of sp³-hybridized carbons (Fsp3) is 0.100. The van der Waals surface area contributed by atoms with Crippen LogP contribution in [0.2, 0.25) is 5.02 Å². The fourth-order valence-corrected chi connectivity index (χ4v) is 2.49. The van der Waals surface area contributed by atoms with Gasteiger partial charge < -0.3 is 0 Å². The van der Waals surface area contributed by atoms with E-state index in [1.165, 1.54) is 5.56 Å².